The van der Waals surface area contributed by atoms with E-state index in [2.05, 4.69) is 31.7 Å². The number of anilines is 1. The zero-order valence-corrected chi connectivity index (χ0v) is 14.4. The van der Waals surface area contributed by atoms with E-state index in [9.17, 15) is 4.79 Å². The number of carbonyl (C=O) groups excluding carboxylic acids is 1. The van der Waals surface area contributed by atoms with Crippen molar-refractivity contribution >= 4 is 11.7 Å². The SMILES string of the molecule is CN1CCN2CCN(c3cncc(C(=O)N4CCCC4)n3)C[C@@H]2C1. The van der Waals surface area contributed by atoms with Crippen LogP contribution in [0.15, 0.2) is 12.4 Å². The fourth-order valence-electron chi connectivity index (χ4n) is 4.01. The second-order valence-electron chi connectivity index (χ2n) is 7.16. The maximum Gasteiger partial charge on any atom is 0.274 e. The molecule has 0 unspecified atom stereocenters. The van der Waals surface area contributed by atoms with Crippen LogP contribution in [0.2, 0.25) is 0 Å². The lowest BCUT2D eigenvalue weighted by Crippen LogP contribution is -2.61. The summed E-state index contributed by atoms with van der Waals surface area (Å²) in [7, 11) is 2.19. The molecule has 0 saturated carbocycles. The largest absolute Gasteiger partial charge is 0.352 e. The quantitative estimate of drug-likeness (QED) is 0.769. The molecule has 1 atom stereocenters. The molecular formula is C17H26N6O. The van der Waals surface area contributed by atoms with E-state index in [4.69, 9.17) is 0 Å². The third-order valence-corrected chi connectivity index (χ3v) is 5.45. The average molecular weight is 330 g/mol. The van der Waals surface area contributed by atoms with Gasteiger partial charge < -0.3 is 14.7 Å². The number of rotatable bonds is 2. The average Bonchev–Trinajstić information content (AvgIpc) is 3.15. The van der Waals surface area contributed by atoms with Gasteiger partial charge in [0.05, 0.1) is 12.4 Å². The Bertz CT molecular complexity index is 602. The monoisotopic (exact) mass is 330 g/mol. The molecule has 24 heavy (non-hydrogen) atoms. The molecule has 0 spiro atoms. The third-order valence-electron chi connectivity index (χ3n) is 5.45. The van der Waals surface area contributed by atoms with Crippen LogP contribution >= 0.6 is 0 Å². The molecule has 3 saturated heterocycles. The van der Waals surface area contributed by atoms with Gasteiger partial charge >= 0.3 is 0 Å². The van der Waals surface area contributed by atoms with Crippen LogP contribution in [-0.2, 0) is 0 Å². The molecule has 7 heteroatoms. The van der Waals surface area contributed by atoms with E-state index in [1.807, 2.05) is 4.90 Å². The van der Waals surface area contributed by atoms with Crippen LogP contribution < -0.4 is 4.90 Å². The first-order valence-corrected chi connectivity index (χ1v) is 8.99. The van der Waals surface area contributed by atoms with Gasteiger partial charge in [-0.3, -0.25) is 14.7 Å². The number of carbonyl (C=O) groups is 1. The summed E-state index contributed by atoms with van der Waals surface area (Å²) in [5.41, 5.74) is 0.484. The van der Waals surface area contributed by atoms with Crippen LogP contribution in [0.1, 0.15) is 23.3 Å². The highest BCUT2D eigenvalue weighted by Crippen LogP contribution is 2.20. The standard InChI is InChI=1S/C17H26N6O/c1-20-6-7-21-8-9-23(13-14(21)12-20)16-11-18-10-15(19-16)17(24)22-4-2-3-5-22/h10-11,14H,2-9,12-13H2,1H3/t14-/m0/s1. The number of fused-ring (bicyclic) bond motifs is 1. The van der Waals surface area contributed by atoms with Gasteiger partial charge in [-0.1, -0.05) is 0 Å². The molecule has 0 radical (unpaired) electrons. The third kappa shape index (κ3) is 3.10. The molecule has 3 fully saturated rings. The van der Waals surface area contributed by atoms with E-state index in [0.29, 0.717) is 11.7 Å². The molecule has 4 heterocycles. The normalized spacial score (nSPS) is 25.8. The van der Waals surface area contributed by atoms with E-state index in [0.717, 1.165) is 71.0 Å². The molecule has 0 bridgehead atoms. The second kappa shape index (κ2) is 6.64. The molecule has 1 aromatic heterocycles. The summed E-state index contributed by atoms with van der Waals surface area (Å²) < 4.78 is 0. The minimum atomic E-state index is 0.0258. The second-order valence-corrected chi connectivity index (χ2v) is 7.16. The summed E-state index contributed by atoms with van der Waals surface area (Å²) in [4.78, 5) is 30.6. The molecule has 1 aromatic rings. The first-order chi connectivity index (χ1) is 11.7. The molecule has 0 aromatic carbocycles. The summed E-state index contributed by atoms with van der Waals surface area (Å²) in [6.07, 6.45) is 5.59. The van der Waals surface area contributed by atoms with Crippen LogP contribution in [-0.4, -0.2) is 96.0 Å². The van der Waals surface area contributed by atoms with E-state index >= 15 is 0 Å². The molecule has 130 valence electrons. The summed E-state index contributed by atoms with van der Waals surface area (Å²) in [6.45, 7) is 8.05. The number of likely N-dealkylation sites (tertiary alicyclic amines) is 1. The Morgan fingerprint density at radius 2 is 1.83 bits per heavy atom. The van der Waals surface area contributed by atoms with Gasteiger partial charge in [0.25, 0.3) is 5.91 Å². The smallest absolute Gasteiger partial charge is 0.274 e. The van der Waals surface area contributed by atoms with Gasteiger partial charge in [0.1, 0.15) is 11.5 Å². The van der Waals surface area contributed by atoms with E-state index in [-0.39, 0.29) is 5.91 Å². The van der Waals surface area contributed by atoms with Crippen LogP contribution in [0.3, 0.4) is 0 Å². The van der Waals surface area contributed by atoms with Crippen molar-refractivity contribution in [2.45, 2.75) is 18.9 Å². The molecule has 4 rings (SSSR count). The first-order valence-electron chi connectivity index (χ1n) is 8.99. The zero-order valence-electron chi connectivity index (χ0n) is 14.4. The first kappa shape index (κ1) is 15.8. The van der Waals surface area contributed by atoms with Crippen molar-refractivity contribution < 1.29 is 4.79 Å². The van der Waals surface area contributed by atoms with Gasteiger partial charge in [-0.2, -0.15) is 0 Å². The number of nitrogens with zero attached hydrogens (tertiary/aromatic N) is 6. The Morgan fingerprint density at radius 3 is 2.67 bits per heavy atom. The Labute approximate surface area is 143 Å². The van der Waals surface area contributed by atoms with E-state index < -0.39 is 0 Å². The van der Waals surface area contributed by atoms with Crippen molar-refractivity contribution in [2.75, 3.05) is 64.3 Å². The molecule has 1 amide bonds. The summed E-state index contributed by atoms with van der Waals surface area (Å²) in [6, 6.07) is 0.539. The Hall–Kier alpha value is -1.73. The zero-order chi connectivity index (χ0) is 16.5. The summed E-state index contributed by atoms with van der Waals surface area (Å²) >= 11 is 0. The lowest BCUT2D eigenvalue weighted by atomic mass is 10.1. The highest BCUT2D eigenvalue weighted by molar-refractivity contribution is 5.92. The van der Waals surface area contributed by atoms with Crippen molar-refractivity contribution in [3.8, 4) is 0 Å². The van der Waals surface area contributed by atoms with Crippen molar-refractivity contribution in [3.63, 3.8) is 0 Å². The van der Waals surface area contributed by atoms with Gasteiger partial charge in [0.2, 0.25) is 0 Å². The lowest BCUT2D eigenvalue weighted by molar-refractivity contribution is 0.0783. The minimum absolute atomic E-state index is 0.0258. The molecule has 0 N–H and O–H groups in total. The number of hydrogen-bond donors (Lipinski definition) is 0. The molecule has 0 aliphatic carbocycles. The van der Waals surface area contributed by atoms with Crippen molar-refractivity contribution in [2.24, 2.45) is 0 Å². The van der Waals surface area contributed by atoms with Gasteiger partial charge in [0.15, 0.2) is 0 Å². The maximum absolute atomic E-state index is 12.5. The number of aromatic nitrogens is 2. The summed E-state index contributed by atoms with van der Waals surface area (Å²) in [5, 5.41) is 0. The summed E-state index contributed by atoms with van der Waals surface area (Å²) in [5.74, 6) is 0.866. The van der Waals surface area contributed by atoms with Crippen LogP contribution in [0.4, 0.5) is 5.82 Å². The maximum atomic E-state index is 12.5. The van der Waals surface area contributed by atoms with Crippen molar-refractivity contribution in [1.82, 2.24) is 24.7 Å². The number of piperazine rings is 2. The van der Waals surface area contributed by atoms with E-state index in [1.165, 1.54) is 0 Å². The Kier molecular flexibility index (Phi) is 4.37. The Balaban J connectivity index is 1.48. The van der Waals surface area contributed by atoms with Gasteiger partial charge in [-0.15, -0.1) is 0 Å². The highest BCUT2D eigenvalue weighted by atomic mass is 16.2. The van der Waals surface area contributed by atoms with Crippen LogP contribution in [0.5, 0.6) is 0 Å². The minimum Gasteiger partial charge on any atom is -0.352 e. The topological polar surface area (TPSA) is 55.8 Å². The number of hydrogen-bond acceptors (Lipinski definition) is 6. The predicted octanol–water partition coefficient (Wildman–Crippen LogP) is 0.149. The highest BCUT2D eigenvalue weighted by Gasteiger charge is 2.31. The van der Waals surface area contributed by atoms with E-state index in [1.54, 1.807) is 12.4 Å². The lowest BCUT2D eigenvalue weighted by Gasteiger charge is -2.46. The molecule has 7 nitrogen and oxygen atoms in total. The number of amides is 1. The fraction of sp³-hybridized carbons (Fsp3) is 0.706. The van der Waals surface area contributed by atoms with Crippen molar-refractivity contribution in [3.05, 3.63) is 18.1 Å². The van der Waals surface area contributed by atoms with Gasteiger partial charge in [-0.25, -0.2) is 4.98 Å². The van der Waals surface area contributed by atoms with Gasteiger partial charge in [-0.05, 0) is 19.9 Å². The van der Waals surface area contributed by atoms with Crippen molar-refractivity contribution in [1.29, 1.82) is 0 Å². The molecular weight excluding hydrogens is 304 g/mol. The fourth-order valence-corrected chi connectivity index (χ4v) is 4.01. The van der Waals surface area contributed by atoms with Gasteiger partial charge in [0, 0.05) is 58.4 Å². The number of likely N-dealkylation sites (N-methyl/N-ethyl adjacent to an activating group) is 1. The predicted molar refractivity (Wildman–Crippen MR) is 92.2 cm³/mol. The van der Waals surface area contributed by atoms with Crippen LogP contribution in [0, 0.1) is 0 Å². The molecule has 3 aliphatic heterocycles. The Morgan fingerprint density at radius 1 is 1.04 bits per heavy atom. The molecule has 3 aliphatic rings. The van der Waals surface area contributed by atoms with Crippen LogP contribution in [0.25, 0.3) is 0 Å².